The molecule has 15 heavy (non-hydrogen) atoms. The van der Waals surface area contributed by atoms with Gasteiger partial charge in [0.2, 0.25) is 0 Å². The molecule has 0 aromatic heterocycles. The number of benzene rings is 1. The predicted octanol–water partition coefficient (Wildman–Crippen LogP) is 1.43. The van der Waals surface area contributed by atoms with Crippen LogP contribution in [0.3, 0.4) is 0 Å². The minimum atomic E-state index is 0.753. The second kappa shape index (κ2) is 4.95. The summed E-state index contributed by atoms with van der Waals surface area (Å²) in [6, 6.07) is 8.20. The molecule has 0 unspecified atom stereocenters. The fourth-order valence-electron chi connectivity index (χ4n) is 1.14. The van der Waals surface area contributed by atoms with Crippen molar-refractivity contribution in [2.24, 2.45) is 10.2 Å². The zero-order valence-corrected chi connectivity index (χ0v) is 11.7. The van der Waals surface area contributed by atoms with Crippen LogP contribution in [0.4, 0.5) is 0 Å². The first-order valence-corrected chi connectivity index (χ1v) is 8.64. The van der Waals surface area contributed by atoms with Gasteiger partial charge in [-0.1, -0.05) is 0 Å². The molecular weight excluding hydrogens is 406 g/mol. The van der Waals surface area contributed by atoms with Crippen LogP contribution < -0.4 is 10.9 Å². The van der Waals surface area contributed by atoms with Crippen molar-refractivity contribution in [3.8, 4) is 0 Å². The van der Waals surface area contributed by atoms with Crippen LogP contribution in [-0.2, 0) is 0 Å². The molecule has 78 valence electrons. The maximum absolute atomic E-state index is 4.18. The topological polar surface area (TPSA) is 48.8 Å². The van der Waals surface area contributed by atoms with Crippen molar-refractivity contribution in [2.45, 2.75) is 11.8 Å². The summed E-state index contributed by atoms with van der Waals surface area (Å²) in [5.41, 5.74) is 6.79. The normalized spacial score (nSPS) is 14.8. The molecule has 4 nitrogen and oxygen atoms in total. The second-order valence-electron chi connectivity index (χ2n) is 2.99. The Morgan fingerprint density at radius 1 is 1.27 bits per heavy atom. The van der Waals surface area contributed by atoms with Gasteiger partial charge in [-0.2, -0.15) is 0 Å². The van der Waals surface area contributed by atoms with E-state index in [1.807, 2.05) is 19.1 Å². The van der Waals surface area contributed by atoms with Crippen molar-refractivity contribution in [3.63, 3.8) is 0 Å². The van der Waals surface area contributed by atoms with Crippen LogP contribution in [0.2, 0.25) is 0 Å². The third-order valence-electron chi connectivity index (χ3n) is 1.86. The molecule has 6 heteroatoms. The van der Waals surface area contributed by atoms with Crippen LogP contribution in [0.1, 0.15) is 12.5 Å². The number of nitrogens with one attached hydrogen (secondary N) is 2. The Morgan fingerprint density at radius 2 is 2.13 bits per heavy atom. The van der Waals surface area contributed by atoms with Gasteiger partial charge in [0.1, 0.15) is 0 Å². The molecule has 0 saturated heterocycles. The van der Waals surface area contributed by atoms with Crippen LogP contribution >= 0.6 is 8.52 Å². The van der Waals surface area contributed by atoms with Crippen LogP contribution in [0.25, 0.3) is 0 Å². The molecular formula is C9H9AtN4S. The maximum atomic E-state index is 4.18. The van der Waals surface area contributed by atoms with Crippen molar-refractivity contribution < 1.29 is 23.3 Å². The molecule has 1 heterocycles. The Kier molecular flexibility index (Phi) is 3.59. The standard InChI is InChI=1S/C9H9AtN4S/c1-6-11-13-9(14-12-6)7-3-2-4-8(5-7)15-10/h2-5H,1H3,(H,11,12)(H,13,14). The molecule has 2 N–H and O–H groups in total. The molecule has 0 fully saturated rings. The zero-order valence-electron chi connectivity index (χ0n) is 7.99. The third kappa shape index (κ3) is 2.70. The van der Waals surface area contributed by atoms with E-state index in [1.54, 1.807) is 31.8 Å². The number of amidine groups is 2. The first-order valence-electron chi connectivity index (χ1n) is 4.32. The Hall–Kier alpha value is -0.607. The molecule has 0 saturated carbocycles. The van der Waals surface area contributed by atoms with E-state index in [1.165, 1.54) is 4.90 Å². The Bertz CT molecular complexity index is 430. The van der Waals surface area contributed by atoms with Gasteiger partial charge in [0.15, 0.2) is 0 Å². The predicted molar refractivity (Wildman–Crippen MR) is 58.2 cm³/mol. The zero-order chi connectivity index (χ0) is 10.7. The molecule has 1 aliphatic rings. The van der Waals surface area contributed by atoms with Gasteiger partial charge in [-0.15, -0.1) is 0 Å². The SMILES string of the molecule is CC1=NNC(c2cccc(S[At])c2)=NN1. The second-order valence-corrected chi connectivity index (χ2v) is 5.41. The number of rotatable bonds is 2. The van der Waals surface area contributed by atoms with Crippen molar-refractivity contribution >= 4 is 20.2 Å². The van der Waals surface area contributed by atoms with Gasteiger partial charge in [-0.25, -0.2) is 0 Å². The Labute approximate surface area is 106 Å². The number of hydrogen-bond acceptors (Lipinski definition) is 5. The van der Waals surface area contributed by atoms with Crippen LogP contribution in [0.5, 0.6) is 0 Å². The number of hydrogen-bond donors (Lipinski definition) is 2. The van der Waals surface area contributed by atoms with Crippen molar-refractivity contribution in [1.82, 2.24) is 10.9 Å². The molecule has 2 rings (SSSR count). The summed E-state index contributed by atoms with van der Waals surface area (Å²) in [6.07, 6.45) is 0. The molecule has 1 aromatic rings. The molecule has 0 bridgehead atoms. The fourth-order valence-corrected chi connectivity index (χ4v) is 2.56. The van der Waals surface area contributed by atoms with Gasteiger partial charge < -0.3 is 0 Å². The quantitative estimate of drug-likeness (QED) is 0.769. The number of hydrazone groups is 2. The number of nitrogens with zero attached hydrogens (tertiary/aromatic N) is 2. The third-order valence-corrected chi connectivity index (χ3v) is 4.37. The van der Waals surface area contributed by atoms with E-state index in [2.05, 4.69) is 33.2 Å². The van der Waals surface area contributed by atoms with E-state index in [-0.39, 0.29) is 0 Å². The van der Waals surface area contributed by atoms with E-state index in [4.69, 9.17) is 0 Å². The van der Waals surface area contributed by atoms with Gasteiger partial charge in [-0.05, 0) is 0 Å². The summed E-state index contributed by atoms with van der Waals surface area (Å²) in [4.78, 5) is 1.24. The summed E-state index contributed by atoms with van der Waals surface area (Å²) in [6.45, 7) is 1.85. The summed E-state index contributed by atoms with van der Waals surface area (Å²) in [7, 11) is 1.76. The summed E-state index contributed by atoms with van der Waals surface area (Å²) in [5, 5.41) is 8.24. The monoisotopic (exact) mass is 415 g/mol. The van der Waals surface area contributed by atoms with Crippen molar-refractivity contribution in [3.05, 3.63) is 29.8 Å². The van der Waals surface area contributed by atoms with E-state index < -0.39 is 0 Å². The van der Waals surface area contributed by atoms with E-state index in [0.717, 1.165) is 17.2 Å². The Balaban J connectivity index is 2.23. The summed E-state index contributed by atoms with van der Waals surface area (Å²) in [5.74, 6) is 1.52. The first kappa shape index (κ1) is 10.9. The molecule has 0 aliphatic carbocycles. The Morgan fingerprint density at radius 3 is 2.80 bits per heavy atom. The van der Waals surface area contributed by atoms with E-state index in [9.17, 15) is 0 Å². The van der Waals surface area contributed by atoms with Crippen LogP contribution in [0, 0.1) is 23.3 Å². The van der Waals surface area contributed by atoms with Crippen LogP contribution in [-0.4, -0.2) is 11.7 Å². The molecule has 1 aromatic carbocycles. The van der Waals surface area contributed by atoms with Gasteiger partial charge in [0.05, 0.1) is 0 Å². The minimum absolute atomic E-state index is 0.753. The molecule has 1 aliphatic heterocycles. The average Bonchev–Trinajstić information content (AvgIpc) is 2.30. The average molecular weight is 415 g/mol. The molecule has 0 amide bonds. The van der Waals surface area contributed by atoms with E-state index in [0.29, 0.717) is 0 Å². The van der Waals surface area contributed by atoms with Gasteiger partial charge in [0, 0.05) is 0 Å². The molecule has 0 radical (unpaired) electrons. The van der Waals surface area contributed by atoms with Crippen molar-refractivity contribution in [1.29, 1.82) is 0 Å². The van der Waals surface area contributed by atoms with Crippen LogP contribution in [0.15, 0.2) is 39.4 Å². The van der Waals surface area contributed by atoms with Gasteiger partial charge >= 0.3 is 106 Å². The van der Waals surface area contributed by atoms with Crippen molar-refractivity contribution in [2.75, 3.05) is 0 Å². The van der Waals surface area contributed by atoms with Gasteiger partial charge in [0.25, 0.3) is 0 Å². The molecule has 0 spiro atoms. The summed E-state index contributed by atoms with van der Waals surface area (Å²) >= 11 is 1.67. The fraction of sp³-hybridized carbons (Fsp3) is 0.111. The summed E-state index contributed by atoms with van der Waals surface area (Å²) < 4.78 is 0. The molecule has 0 atom stereocenters. The van der Waals surface area contributed by atoms with Gasteiger partial charge in [-0.3, -0.25) is 0 Å². The van der Waals surface area contributed by atoms with E-state index >= 15 is 0 Å². The first-order chi connectivity index (χ1) is 7.29.